The van der Waals surface area contributed by atoms with Gasteiger partial charge in [-0.1, -0.05) is 31.2 Å². The number of carbonyl (C=O) groups is 6. The maximum absolute atomic E-state index is 14.6. The van der Waals surface area contributed by atoms with E-state index in [9.17, 15) is 33.2 Å². The van der Waals surface area contributed by atoms with E-state index in [1.54, 1.807) is 96.7 Å². The van der Waals surface area contributed by atoms with Crippen LogP contribution in [0.2, 0.25) is 0 Å². The molecule has 0 bridgehead atoms. The van der Waals surface area contributed by atoms with Crippen molar-refractivity contribution < 1.29 is 90.0 Å². The lowest BCUT2D eigenvalue weighted by molar-refractivity contribution is -0.162. The molecule has 0 aliphatic carbocycles. The van der Waals surface area contributed by atoms with Crippen LogP contribution in [0.15, 0.2) is 109 Å². The Balaban J connectivity index is 0.695. The van der Waals surface area contributed by atoms with Crippen molar-refractivity contribution in [2.75, 3.05) is 121 Å². The highest BCUT2D eigenvalue weighted by molar-refractivity contribution is 6.05. The molecule has 2 saturated heterocycles. The van der Waals surface area contributed by atoms with E-state index in [0.29, 0.717) is 139 Å². The Morgan fingerprint density at radius 1 is 0.674 bits per heavy atom. The molecular formula is C69H84FN7O18. The number of amides is 6. The largest absolute Gasteiger partial charge is 0.493 e. The Labute approximate surface area is 551 Å². The molecule has 26 heteroatoms. The second-order valence-electron chi connectivity index (χ2n) is 22.0. The lowest BCUT2D eigenvalue weighted by Gasteiger charge is -2.37. The molecule has 2 fully saturated rings. The number of halogens is 1. The average Bonchev–Trinajstić information content (AvgIpc) is 1.82. The van der Waals surface area contributed by atoms with Gasteiger partial charge >= 0.3 is 12.0 Å². The number of urea groups is 1. The summed E-state index contributed by atoms with van der Waals surface area (Å²) in [7, 11) is 7.68. The summed E-state index contributed by atoms with van der Waals surface area (Å²) < 4.78 is 83.8. The molecule has 2 aliphatic heterocycles. The number of methoxy groups -OCH3 is 5. The predicted octanol–water partition coefficient (Wildman–Crippen LogP) is 7.54. The summed E-state index contributed by atoms with van der Waals surface area (Å²) in [5, 5.41) is 15.1. The van der Waals surface area contributed by atoms with Gasteiger partial charge in [0.25, 0.3) is 11.8 Å². The number of aromatic nitrogens is 2. The zero-order chi connectivity index (χ0) is 67.5. The number of benzene rings is 5. The average molecular weight is 1320 g/mol. The molecule has 3 heterocycles. The van der Waals surface area contributed by atoms with E-state index < -0.39 is 47.8 Å². The van der Waals surface area contributed by atoms with Crippen molar-refractivity contribution in [3.63, 3.8) is 0 Å². The highest BCUT2D eigenvalue weighted by Crippen LogP contribution is 2.42. The summed E-state index contributed by atoms with van der Waals surface area (Å²) in [6, 6.07) is 26.5. The van der Waals surface area contributed by atoms with E-state index in [1.165, 1.54) is 33.5 Å². The van der Waals surface area contributed by atoms with Crippen molar-refractivity contribution in [2.45, 2.75) is 76.0 Å². The summed E-state index contributed by atoms with van der Waals surface area (Å²) in [5.74, 6) is 0.373. The lowest BCUT2D eigenvalue weighted by atomic mass is 9.91. The number of esters is 1. The quantitative estimate of drug-likeness (QED) is 0.0165. The summed E-state index contributed by atoms with van der Waals surface area (Å²) >= 11 is 0. The van der Waals surface area contributed by atoms with E-state index >= 15 is 0 Å². The van der Waals surface area contributed by atoms with Crippen LogP contribution in [0.25, 0.3) is 16.9 Å². The Hall–Kier alpha value is -9.50. The van der Waals surface area contributed by atoms with Crippen molar-refractivity contribution >= 4 is 35.6 Å². The third-order valence-electron chi connectivity index (χ3n) is 15.8. The maximum Gasteiger partial charge on any atom is 0.329 e. The minimum Gasteiger partial charge on any atom is -0.493 e. The van der Waals surface area contributed by atoms with Gasteiger partial charge in [0.05, 0.1) is 112 Å². The number of ether oxygens (including phenoxy) is 12. The molecule has 6 aromatic rings. The second-order valence-corrected chi connectivity index (χ2v) is 22.0. The van der Waals surface area contributed by atoms with Gasteiger partial charge in [-0.3, -0.25) is 24.5 Å². The summed E-state index contributed by atoms with van der Waals surface area (Å²) in [5.41, 5.74) is 4.18. The van der Waals surface area contributed by atoms with Crippen LogP contribution >= 0.6 is 0 Å². The number of imide groups is 1. The molecule has 8 rings (SSSR count). The minimum absolute atomic E-state index is 0.155. The molecule has 0 saturated carbocycles. The summed E-state index contributed by atoms with van der Waals surface area (Å²) in [6.07, 6.45) is 4.04. The molecule has 510 valence electrons. The highest BCUT2D eigenvalue weighted by Gasteiger charge is 2.39. The monoisotopic (exact) mass is 1320 g/mol. The molecule has 1 unspecified atom stereocenters. The van der Waals surface area contributed by atoms with Crippen molar-refractivity contribution in [1.82, 2.24) is 35.9 Å². The molecule has 4 N–H and O–H groups in total. The van der Waals surface area contributed by atoms with E-state index in [2.05, 4.69) is 26.4 Å². The maximum atomic E-state index is 14.6. The fourth-order valence-electron chi connectivity index (χ4n) is 10.9. The molecule has 6 amide bonds. The standard InChI is InChI=1S/C69H84FN7O18/c1-7-51(47-41-59(86-4)65(88-6)60(42-47)87-5)67(81)76-30-11-10-13-54(76)68(82)95-56(25-15-45-16-26-57(84-2)58(40-45)85-3)52-12-8-9-14-55(52)94-44-62(79)72-28-32-90-35-37-92-39-38-91-36-34-89-31-27-61(78)71-29-33-93-50-23-21-49(22-24-50)77-43-53(64-66(80)74-69(83)73-64)63(75-77)46-17-19-48(70)20-18-46/h8-9,12,14,16-24,26,40-43,51,54,56,64H,7,10-11,13,15,25,27-39,44H2,1-6H3,(H,71,78)(H,72,79)(H2,73,74,80,83)/t51-,54-,56-,64?/m0/s1. The van der Waals surface area contributed by atoms with E-state index in [0.717, 1.165) is 18.4 Å². The Morgan fingerprint density at radius 3 is 1.98 bits per heavy atom. The Morgan fingerprint density at radius 2 is 1.33 bits per heavy atom. The Bertz CT molecular complexity index is 3470. The fourth-order valence-corrected chi connectivity index (χ4v) is 10.9. The minimum atomic E-state index is -0.969. The molecular weight excluding hydrogens is 1230 g/mol. The first-order valence-corrected chi connectivity index (χ1v) is 31.5. The van der Waals surface area contributed by atoms with E-state index in [4.69, 9.17) is 56.8 Å². The third kappa shape index (κ3) is 20.3. The van der Waals surface area contributed by atoms with Gasteiger partial charge < -0.3 is 77.7 Å². The van der Waals surface area contributed by atoms with Gasteiger partial charge in [0, 0.05) is 42.4 Å². The number of nitrogens with zero attached hydrogens (tertiary/aromatic N) is 3. The van der Waals surface area contributed by atoms with Crippen LogP contribution in [0.1, 0.15) is 85.8 Å². The van der Waals surface area contributed by atoms with E-state index in [-0.39, 0.29) is 70.3 Å². The van der Waals surface area contributed by atoms with Gasteiger partial charge in [-0.2, -0.15) is 5.10 Å². The number of piperidine rings is 1. The number of hydrogen-bond acceptors (Lipinski definition) is 19. The van der Waals surface area contributed by atoms with Crippen LogP contribution in [-0.4, -0.2) is 178 Å². The molecule has 95 heavy (non-hydrogen) atoms. The first-order valence-electron chi connectivity index (χ1n) is 31.5. The molecule has 5 aromatic carbocycles. The van der Waals surface area contributed by atoms with Crippen LogP contribution in [0.4, 0.5) is 9.18 Å². The first kappa shape index (κ1) is 71.4. The highest BCUT2D eigenvalue weighted by atomic mass is 19.1. The van der Waals surface area contributed by atoms with Crippen molar-refractivity contribution in [3.8, 4) is 57.2 Å². The van der Waals surface area contributed by atoms with Gasteiger partial charge in [0.2, 0.25) is 17.6 Å². The van der Waals surface area contributed by atoms with Gasteiger partial charge in [0.1, 0.15) is 42.1 Å². The molecule has 25 nitrogen and oxygen atoms in total. The first-order chi connectivity index (χ1) is 46.2. The lowest BCUT2D eigenvalue weighted by Crippen LogP contribution is -2.50. The summed E-state index contributed by atoms with van der Waals surface area (Å²) in [4.78, 5) is 80.7. The van der Waals surface area contributed by atoms with Crippen LogP contribution in [0.5, 0.6) is 40.2 Å². The van der Waals surface area contributed by atoms with Crippen LogP contribution < -0.4 is 54.4 Å². The SMILES string of the molecule is CC[C@H](C(=O)N1CCCC[C@H]1C(=O)O[C@@H](CCc1ccc(OC)c(OC)c1)c1ccccc1OCC(=O)NCCOCCOCCOCCOCCC(=O)NCCOc1ccc(-n2cc(C3NC(=O)NC3=O)c(-c3ccc(F)cc3)n2)cc1)c1cc(OC)c(OC)c(OC)c1. The topological polar surface area (TPSA) is 282 Å². The number of hydrogen-bond donors (Lipinski definition) is 4. The van der Waals surface area contributed by atoms with Gasteiger partial charge in [0.15, 0.2) is 29.6 Å². The van der Waals surface area contributed by atoms with Crippen molar-refractivity contribution in [1.29, 1.82) is 0 Å². The van der Waals surface area contributed by atoms with Crippen molar-refractivity contribution in [2.24, 2.45) is 0 Å². The van der Waals surface area contributed by atoms with Crippen LogP contribution in [0, 0.1) is 5.82 Å². The molecule has 2 aliphatic rings. The molecule has 0 radical (unpaired) electrons. The third-order valence-corrected chi connectivity index (χ3v) is 15.8. The molecule has 4 atom stereocenters. The number of likely N-dealkylation sites (tertiary alicyclic amines) is 1. The number of rotatable bonds is 39. The smallest absolute Gasteiger partial charge is 0.329 e. The van der Waals surface area contributed by atoms with Crippen molar-refractivity contribution in [3.05, 3.63) is 137 Å². The van der Waals surface area contributed by atoms with Gasteiger partial charge in [-0.05, 0) is 129 Å². The molecule has 0 spiro atoms. The van der Waals surface area contributed by atoms with Crippen LogP contribution in [0.3, 0.4) is 0 Å². The normalized spacial score (nSPS) is 15.0. The fraction of sp³-hybridized carbons (Fsp3) is 0.435. The molecule has 1 aromatic heterocycles. The number of carbonyl (C=O) groups excluding carboxylic acids is 6. The number of nitrogens with one attached hydrogen (secondary N) is 4. The zero-order valence-corrected chi connectivity index (χ0v) is 54.4. The predicted molar refractivity (Wildman–Crippen MR) is 345 cm³/mol. The van der Waals surface area contributed by atoms with Gasteiger partial charge in [-0.25, -0.2) is 18.7 Å². The van der Waals surface area contributed by atoms with Crippen LogP contribution in [-0.2, 0) is 54.1 Å². The Kier molecular flexibility index (Phi) is 27.7. The number of para-hydroxylation sites is 1. The summed E-state index contributed by atoms with van der Waals surface area (Å²) in [6.45, 7) is 4.97. The second kappa shape index (κ2) is 36.8. The number of aryl methyl sites for hydroxylation is 1. The van der Waals surface area contributed by atoms with E-state index in [1.807, 2.05) is 31.2 Å². The zero-order valence-electron chi connectivity index (χ0n) is 54.4. The van der Waals surface area contributed by atoms with Gasteiger partial charge in [-0.15, -0.1) is 0 Å².